The molecule has 3 aromatic carbocycles. The molecule has 0 aromatic heterocycles. The molecule has 0 saturated heterocycles. The number of carbonyl (C=O) groups excluding carboxylic acids is 1. The van der Waals surface area contributed by atoms with Gasteiger partial charge in [0.15, 0.2) is 0 Å². The van der Waals surface area contributed by atoms with Crippen molar-refractivity contribution >= 4 is 19.4 Å². The van der Waals surface area contributed by atoms with Gasteiger partial charge in [0.25, 0.3) is 0 Å². The van der Waals surface area contributed by atoms with Gasteiger partial charge in [0.05, 0.1) is 0 Å². The van der Waals surface area contributed by atoms with Gasteiger partial charge in [-0.25, -0.2) is 4.79 Å². The Balaban J connectivity index is 1.79. The van der Waals surface area contributed by atoms with E-state index in [1.807, 2.05) is 84.9 Å². The quantitative estimate of drug-likeness (QED) is 0.315. The number of ether oxygens (including phenoxy) is 1. The first-order valence-corrected chi connectivity index (χ1v) is 13.0. The Bertz CT molecular complexity index is 959. The molecule has 1 unspecified atom stereocenters. The van der Waals surface area contributed by atoms with E-state index in [4.69, 9.17) is 4.74 Å². The zero-order valence-corrected chi connectivity index (χ0v) is 18.3. The lowest BCUT2D eigenvalue weighted by molar-refractivity contribution is -0.0958. The fourth-order valence-electron chi connectivity index (χ4n) is 3.18. The molecule has 1 amide bonds. The second-order valence-electron chi connectivity index (χ2n) is 7.69. The highest BCUT2D eigenvalue weighted by molar-refractivity contribution is 6.93. The summed E-state index contributed by atoms with van der Waals surface area (Å²) in [7, 11) is -1.90. The molecule has 1 atom stereocenters. The van der Waals surface area contributed by atoms with E-state index < -0.39 is 20.2 Å². The first-order chi connectivity index (χ1) is 14.5. The Labute approximate surface area is 179 Å². The second-order valence-corrected chi connectivity index (χ2v) is 12.0. The van der Waals surface area contributed by atoms with Gasteiger partial charge in [-0.15, -0.1) is 0 Å². The van der Waals surface area contributed by atoms with Crippen molar-refractivity contribution in [3.63, 3.8) is 0 Å². The summed E-state index contributed by atoms with van der Waals surface area (Å²) in [5.74, 6) is 0. The predicted octanol–water partition coefficient (Wildman–Crippen LogP) is 5.47. The van der Waals surface area contributed by atoms with E-state index >= 15 is 0 Å². The molecule has 0 aliphatic heterocycles. The van der Waals surface area contributed by atoms with Crippen molar-refractivity contribution in [3.05, 3.63) is 114 Å². The summed E-state index contributed by atoms with van der Waals surface area (Å²) in [6.07, 6.45) is 1.12. The van der Waals surface area contributed by atoms with Crippen molar-refractivity contribution in [1.82, 2.24) is 5.06 Å². The normalized spacial score (nSPS) is 12.5. The molecule has 4 nitrogen and oxygen atoms in total. The summed E-state index contributed by atoms with van der Waals surface area (Å²) in [6.45, 7) is 4.57. The molecule has 3 rings (SSSR count). The maximum atomic E-state index is 12.6. The van der Waals surface area contributed by atoms with E-state index in [0.29, 0.717) is 5.06 Å². The molecule has 154 valence electrons. The summed E-state index contributed by atoms with van der Waals surface area (Å²) < 4.78 is 5.32. The first kappa shape index (κ1) is 21.6. The fourth-order valence-corrected chi connectivity index (χ4v) is 5.09. The number of rotatable bonds is 7. The molecular weight excluding hydrogens is 390 g/mol. The summed E-state index contributed by atoms with van der Waals surface area (Å²) in [6, 6.07) is 28.5. The van der Waals surface area contributed by atoms with Crippen LogP contribution in [0.3, 0.4) is 0 Å². The van der Waals surface area contributed by atoms with Gasteiger partial charge >= 0.3 is 6.09 Å². The Morgan fingerprint density at radius 1 is 0.933 bits per heavy atom. The average molecular weight is 418 g/mol. The lowest BCUT2D eigenvalue weighted by Gasteiger charge is -2.25. The third-order valence-corrected chi connectivity index (χ3v) is 7.86. The number of nitrogens with zero attached hydrogens (tertiary/aromatic N) is 1. The predicted molar refractivity (Wildman–Crippen MR) is 122 cm³/mol. The van der Waals surface area contributed by atoms with E-state index in [9.17, 15) is 10.0 Å². The molecule has 0 heterocycles. The third kappa shape index (κ3) is 5.69. The lowest BCUT2D eigenvalue weighted by atomic mass is 10.1. The zero-order chi connectivity index (χ0) is 21.4. The van der Waals surface area contributed by atoms with E-state index in [1.165, 1.54) is 5.19 Å². The van der Waals surface area contributed by atoms with Crippen LogP contribution in [0.5, 0.6) is 0 Å². The molecule has 0 saturated carbocycles. The van der Waals surface area contributed by atoms with Gasteiger partial charge in [-0.3, -0.25) is 5.21 Å². The lowest BCUT2D eigenvalue weighted by Crippen LogP contribution is -2.40. The minimum Gasteiger partial charge on any atom is -0.443 e. The number of hydrogen-bond donors (Lipinski definition) is 1. The van der Waals surface area contributed by atoms with Gasteiger partial charge in [0.2, 0.25) is 0 Å². The highest BCUT2D eigenvalue weighted by atomic mass is 28.3. The number of hydrogen-bond acceptors (Lipinski definition) is 3. The number of carbonyl (C=O) groups is 1. The van der Waals surface area contributed by atoms with Gasteiger partial charge < -0.3 is 4.74 Å². The van der Waals surface area contributed by atoms with Crippen LogP contribution < -0.4 is 5.19 Å². The van der Waals surface area contributed by atoms with Crippen molar-refractivity contribution in [2.24, 2.45) is 0 Å². The topological polar surface area (TPSA) is 49.8 Å². The molecule has 0 radical (unpaired) electrons. The van der Waals surface area contributed by atoms with Crippen LogP contribution in [0.25, 0.3) is 0 Å². The molecule has 5 heteroatoms. The Hall–Kier alpha value is -3.15. The van der Waals surface area contributed by atoms with Crippen molar-refractivity contribution in [2.45, 2.75) is 25.7 Å². The standard InChI is InChI=1S/C25H27NO3Si/c1-30(2,23-16-10-5-11-17-23)19-18-24(22-14-8-4-9-15-22)26(28)25(27)29-20-21-12-6-3-7-13-21/h3-19,24,28H,20H2,1-2H3/b19-18+. The van der Waals surface area contributed by atoms with Gasteiger partial charge in [-0.05, 0) is 11.1 Å². The maximum absolute atomic E-state index is 12.6. The first-order valence-electron chi connectivity index (χ1n) is 9.96. The molecule has 1 N–H and O–H groups in total. The highest BCUT2D eigenvalue weighted by Gasteiger charge is 2.26. The monoisotopic (exact) mass is 417 g/mol. The average Bonchev–Trinajstić information content (AvgIpc) is 2.79. The minimum absolute atomic E-state index is 0.103. The number of benzene rings is 3. The van der Waals surface area contributed by atoms with E-state index in [2.05, 4.69) is 30.9 Å². The summed E-state index contributed by atoms with van der Waals surface area (Å²) in [4.78, 5) is 12.6. The van der Waals surface area contributed by atoms with E-state index in [-0.39, 0.29) is 6.61 Å². The second kappa shape index (κ2) is 10.0. The number of amides is 1. The van der Waals surface area contributed by atoms with Crippen molar-refractivity contribution in [3.8, 4) is 0 Å². The van der Waals surface area contributed by atoms with Gasteiger partial charge in [-0.2, -0.15) is 5.06 Å². The SMILES string of the molecule is C[Si](C)(/C=C/C(c1ccccc1)N(O)C(=O)OCc1ccccc1)c1ccccc1. The van der Waals surface area contributed by atoms with Gasteiger partial charge in [0.1, 0.15) is 20.7 Å². The Kier molecular flexibility index (Phi) is 7.22. The number of hydroxylamine groups is 2. The summed E-state index contributed by atoms with van der Waals surface area (Å²) in [5, 5.41) is 12.7. The maximum Gasteiger partial charge on any atom is 0.434 e. The Morgan fingerprint density at radius 3 is 2.07 bits per heavy atom. The highest BCUT2D eigenvalue weighted by Crippen LogP contribution is 2.23. The fraction of sp³-hybridized carbons (Fsp3) is 0.160. The molecule has 30 heavy (non-hydrogen) atoms. The van der Waals surface area contributed by atoms with Crippen molar-refractivity contribution in [2.75, 3.05) is 0 Å². The van der Waals surface area contributed by atoms with Crippen LogP contribution >= 0.6 is 0 Å². The molecule has 0 fully saturated rings. The van der Waals surface area contributed by atoms with Gasteiger partial charge in [-0.1, -0.05) is 121 Å². The van der Waals surface area contributed by atoms with Crippen LogP contribution in [0.15, 0.2) is 103 Å². The molecule has 0 spiro atoms. The minimum atomic E-state index is -1.90. The van der Waals surface area contributed by atoms with Crippen LogP contribution in [0.1, 0.15) is 17.2 Å². The summed E-state index contributed by atoms with van der Waals surface area (Å²) in [5.41, 5.74) is 3.82. The van der Waals surface area contributed by atoms with E-state index in [0.717, 1.165) is 11.1 Å². The molecule has 3 aromatic rings. The van der Waals surface area contributed by atoms with Gasteiger partial charge in [0, 0.05) is 0 Å². The molecule has 0 aliphatic rings. The molecule has 0 aliphatic carbocycles. The zero-order valence-electron chi connectivity index (χ0n) is 17.3. The van der Waals surface area contributed by atoms with Crippen LogP contribution in [0.4, 0.5) is 4.79 Å². The van der Waals surface area contributed by atoms with E-state index in [1.54, 1.807) is 0 Å². The Morgan fingerprint density at radius 2 is 1.47 bits per heavy atom. The third-order valence-electron chi connectivity index (χ3n) is 5.01. The van der Waals surface area contributed by atoms with Crippen LogP contribution in [0.2, 0.25) is 13.1 Å². The summed E-state index contributed by atoms with van der Waals surface area (Å²) >= 11 is 0. The van der Waals surface area contributed by atoms with Crippen LogP contribution in [-0.4, -0.2) is 24.4 Å². The van der Waals surface area contributed by atoms with Crippen molar-refractivity contribution in [1.29, 1.82) is 0 Å². The van der Waals surface area contributed by atoms with Crippen LogP contribution in [0, 0.1) is 0 Å². The molecule has 0 bridgehead atoms. The van der Waals surface area contributed by atoms with Crippen molar-refractivity contribution < 1.29 is 14.7 Å². The largest absolute Gasteiger partial charge is 0.443 e. The molecular formula is C25H27NO3Si. The van der Waals surface area contributed by atoms with Crippen LogP contribution in [-0.2, 0) is 11.3 Å². The smallest absolute Gasteiger partial charge is 0.434 e.